The van der Waals surface area contributed by atoms with Gasteiger partial charge in [-0.3, -0.25) is 19.5 Å². The highest BCUT2D eigenvalue weighted by Gasteiger charge is 2.24. The first kappa shape index (κ1) is 22.9. The number of hydrogen-bond acceptors (Lipinski definition) is 5. The highest BCUT2D eigenvalue weighted by molar-refractivity contribution is 7.23. The highest BCUT2D eigenvalue weighted by atomic mass is 35.5. The number of aryl methyl sites for hydroxylation is 1. The molecule has 5 rings (SSSR count). The summed E-state index contributed by atoms with van der Waals surface area (Å²) in [6, 6.07) is 25.1. The van der Waals surface area contributed by atoms with E-state index in [2.05, 4.69) is 4.98 Å². The maximum absolute atomic E-state index is 13.7. The van der Waals surface area contributed by atoms with Gasteiger partial charge in [0.25, 0.3) is 5.91 Å². The standard InChI is InChI=1S/C28H20ClN3O2S/c1-18-10-15-23(29)26-24(18)31-28(35-26)32(17-22-9-5-6-16-30-22)27(34)21-13-11-20(12-14-21)25(33)19-7-3-2-4-8-19/h2-16H,17H2,1H3. The summed E-state index contributed by atoms with van der Waals surface area (Å²) in [7, 11) is 0. The Morgan fingerprint density at radius 2 is 1.54 bits per heavy atom. The van der Waals surface area contributed by atoms with Crippen molar-refractivity contribution in [2.45, 2.75) is 13.5 Å². The van der Waals surface area contributed by atoms with Crippen LogP contribution in [0.5, 0.6) is 0 Å². The summed E-state index contributed by atoms with van der Waals surface area (Å²) in [5.41, 5.74) is 4.07. The van der Waals surface area contributed by atoms with Crippen LogP contribution < -0.4 is 4.90 Å². The van der Waals surface area contributed by atoms with Gasteiger partial charge in [-0.25, -0.2) is 4.98 Å². The molecule has 2 heterocycles. The first-order valence-corrected chi connectivity index (χ1v) is 12.2. The average Bonchev–Trinajstić information content (AvgIpc) is 3.36. The largest absolute Gasteiger partial charge is 0.289 e. The summed E-state index contributed by atoms with van der Waals surface area (Å²) in [4.78, 5) is 37.2. The van der Waals surface area contributed by atoms with Crippen molar-refractivity contribution in [3.63, 3.8) is 0 Å². The molecule has 3 aromatic carbocycles. The van der Waals surface area contributed by atoms with Crippen molar-refractivity contribution in [1.29, 1.82) is 0 Å². The fourth-order valence-electron chi connectivity index (χ4n) is 3.76. The van der Waals surface area contributed by atoms with E-state index in [0.29, 0.717) is 26.8 Å². The Kier molecular flexibility index (Phi) is 6.40. The lowest BCUT2D eigenvalue weighted by atomic mass is 10.0. The SMILES string of the molecule is Cc1ccc(Cl)c2sc(N(Cc3ccccn3)C(=O)c3ccc(C(=O)c4ccccc4)cc3)nc12. The lowest BCUT2D eigenvalue weighted by molar-refractivity contribution is 0.0982. The molecule has 172 valence electrons. The third-order valence-electron chi connectivity index (χ3n) is 5.64. The zero-order chi connectivity index (χ0) is 24.4. The molecule has 5 nitrogen and oxygen atoms in total. The number of carbonyl (C=O) groups is 2. The summed E-state index contributed by atoms with van der Waals surface area (Å²) in [5, 5.41) is 1.14. The van der Waals surface area contributed by atoms with Gasteiger partial charge in [-0.2, -0.15) is 0 Å². The van der Waals surface area contributed by atoms with E-state index in [1.165, 1.54) is 11.3 Å². The molecule has 1 amide bonds. The fraction of sp³-hybridized carbons (Fsp3) is 0.0714. The lowest BCUT2D eigenvalue weighted by Crippen LogP contribution is -2.30. The molecule has 7 heteroatoms. The zero-order valence-corrected chi connectivity index (χ0v) is 20.4. The third-order valence-corrected chi connectivity index (χ3v) is 7.18. The number of halogens is 1. The molecule has 0 aliphatic carbocycles. The Labute approximate surface area is 211 Å². The molecular weight excluding hydrogens is 478 g/mol. The Hall–Kier alpha value is -3.87. The van der Waals surface area contributed by atoms with Crippen LogP contribution in [-0.2, 0) is 6.54 Å². The van der Waals surface area contributed by atoms with Crippen LogP contribution in [0.4, 0.5) is 5.13 Å². The Bertz CT molecular complexity index is 1480. The normalized spacial score (nSPS) is 10.9. The number of aromatic nitrogens is 2. The third kappa shape index (κ3) is 4.71. The number of ketones is 1. The second-order valence-corrected chi connectivity index (χ2v) is 9.41. The van der Waals surface area contributed by atoms with Gasteiger partial charge in [0.15, 0.2) is 10.9 Å². The second kappa shape index (κ2) is 9.78. The minimum atomic E-state index is -0.234. The molecule has 0 radical (unpaired) electrons. The molecule has 2 aromatic heterocycles. The van der Waals surface area contributed by atoms with Crippen LogP contribution in [0.3, 0.4) is 0 Å². The number of rotatable bonds is 6. The highest BCUT2D eigenvalue weighted by Crippen LogP contribution is 2.36. The number of amides is 1. The number of pyridine rings is 1. The quantitative estimate of drug-likeness (QED) is 0.244. The molecule has 0 aliphatic heterocycles. The van der Waals surface area contributed by atoms with E-state index in [-0.39, 0.29) is 18.2 Å². The number of carbonyl (C=O) groups excluding carboxylic acids is 2. The van der Waals surface area contributed by atoms with Gasteiger partial charge < -0.3 is 0 Å². The second-order valence-electron chi connectivity index (χ2n) is 8.02. The van der Waals surface area contributed by atoms with Crippen molar-refractivity contribution in [3.05, 3.63) is 124 Å². The Morgan fingerprint density at radius 3 is 2.23 bits per heavy atom. The molecule has 0 aliphatic rings. The molecular formula is C28H20ClN3O2S. The minimum absolute atomic E-state index is 0.0915. The van der Waals surface area contributed by atoms with E-state index < -0.39 is 0 Å². The van der Waals surface area contributed by atoms with E-state index >= 15 is 0 Å². The van der Waals surface area contributed by atoms with Crippen LogP contribution in [-0.4, -0.2) is 21.7 Å². The van der Waals surface area contributed by atoms with E-state index in [1.807, 2.05) is 55.5 Å². The van der Waals surface area contributed by atoms with E-state index in [4.69, 9.17) is 16.6 Å². The maximum Gasteiger partial charge on any atom is 0.260 e. The average molecular weight is 498 g/mol. The maximum atomic E-state index is 13.7. The number of hydrogen-bond donors (Lipinski definition) is 0. The van der Waals surface area contributed by atoms with Gasteiger partial charge in [0.05, 0.1) is 27.5 Å². The summed E-state index contributed by atoms with van der Waals surface area (Å²) in [6.45, 7) is 2.22. The van der Waals surface area contributed by atoms with Crippen molar-refractivity contribution >= 4 is 50.0 Å². The summed E-state index contributed by atoms with van der Waals surface area (Å²) >= 11 is 7.80. The lowest BCUT2D eigenvalue weighted by Gasteiger charge is -2.19. The smallest absolute Gasteiger partial charge is 0.260 e. The van der Waals surface area contributed by atoms with Crippen LogP contribution in [0.1, 0.15) is 37.5 Å². The monoisotopic (exact) mass is 497 g/mol. The van der Waals surface area contributed by atoms with Gasteiger partial charge in [0, 0.05) is 22.9 Å². The summed E-state index contributed by atoms with van der Waals surface area (Å²) in [5.74, 6) is -0.326. The number of anilines is 1. The Balaban J connectivity index is 1.50. The minimum Gasteiger partial charge on any atom is -0.289 e. The van der Waals surface area contributed by atoms with Crippen LogP contribution in [0.25, 0.3) is 10.2 Å². The van der Waals surface area contributed by atoms with Gasteiger partial charge in [0.2, 0.25) is 0 Å². The number of fused-ring (bicyclic) bond motifs is 1. The van der Waals surface area contributed by atoms with Gasteiger partial charge in [0.1, 0.15) is 0 Å². The van der Waals surface area contributed by atoms with E-state index in [9.17, 15) is 9.59 Å². The number of thiazole rings is 1. The van der Waals surface area contributed by atoms with Crippen LogP contribution >= 0.6 is 22.9 Å². The first-order chi connectivity index (χ1) is 17.0. The van der Waals surface area contributed by atoms with Crippen molar-refractivity contribution in [1.82, 2.24) is 9.97 Å². The number of benzene rings is 3. The van der Waals surface area contributed by atoms with Crippen LogP contribution in [0, 0.1) is 6.92 Å². The van der Waals surface area contributed by atoms with Crippen molar-refractivity contribution in [3.8, 4) is 0 Å². The summed E-state index contributed by atoms with van der Waals surface area (Å²) < 4.78 is 0.837. The predicted molar refractivity (Wildman–Crippen MR) is 140 cm³/mol. The van der Waals surface area contributed by atoms with E-state index in [1.54, 1.807) is 47.5 Å². The molecule has 5 aromatic rings. The molecule has 35 heavy (non-hydrogen) atoms. The van der Waals surface area contributed by atoms with Crippen LogP contribution in [0.15, 0.2) is 91.1 Å². The van der Waals surface area contributed by atoms with Gasteiger partial charge >= 0.3 is 0 Å². The molecule has 0 saturated heterocycles. The number of nitrogens with zero attached hydrogens (tertiary/aromatic N) is 3. The zero-order valence-electron chi connectivity index (χ0n) is 18.8. The van der Waals surface area contributed by atoms with Crippen molar-refractivity contribution in [2.24, 2.45) is 0 Å². The molecule has 0 fully saturated rings. The molecule has 0 unspecified atom stereocenters. The van der Waals surface area contributed by atoms with Gasteiger partial charge in [-0.05, 0) is 42.8 Å². The predicted octanol–water partition coefficient (Wildman–Crippen LogP) is 6.73. The first-order valence-electron chi connectivity index (χ1n) is 11.0. The Morgan fingerprint density at radius 1 is 0.857 bits per heavy atom. The molecule has 0 bridgehead atoms. The van der Waals surface area contributed by atoms with Gasteiger partial charge in [-0.15, -0.1) is 0 Å². The summed E-state index contributed by atoms with van der Waals surface area (Å²) in [6.07, 6.45) is 1.70. The topological polar surface area (TPSA) is 63.2 Å². The molecule has 0 saturated carbocycles. The van der Waals surface area contributed by atoms with Crippen LogP contribution in [0.2, 0.25) is 5.02 Å². The molecule has 0 atom stereocenters. The molecule has 0 N–H and O–H groups in total. The molecule has 0 spiro atoms. The van der Waals surface area contributed by atoms with Gasteiger partial charge in [-0.1, -0.05) is 77.5 Å². The van der Waals surface area contributed by atoms with E-state index in [0.717, 1.165) is 21.5 Å². The van der Waals surface area contributed by atoms with Crippen molar-refractivity contribution < 1.29 is 9.59 Å². The van der Waals surface area contributed by atoms with Crippen molar-refractivity contribution in [2.75, 3.05) is 4.90 Å². The fourth-order valence-corrected chi connectivity index (χ4v) is 5.08.